The van der Waals surface area contributed by atoms with Gasteiger partial charge < -0.3 is 14.6 Å². The number of aliphatic hydroxyl groups excluding tert-OH is 1. The molecule has 0 aliphatic carbocycles. The molecule has 1 N–H and O–H groups in total. The lowest BCUT2D eigenvalue weighted by atomic mass is 10.1. The zero-order valence-electron chi connectivity index (χ0n) is 11.6. The molecule has 0 radical (unpaired) electrons. The van der Waals surface area contributed by atoms with Gasteiger partial charge in [0.2, 0.25) is 0 Å². The summed E-state index contributed by atoms with van der Waals surface area (Å²) < 4.78 is 10.5. The highest BCUT2D eigenvalue weighted by atomic mass is 32.1. The van der Waals surface area contributed by atoms with Crippen molar-refractivity contribution in [1.29, 1.82) is 0 Å². The van der Waals surface area contributed by atoms with E-state index in [2.05, 4.69) is 6.92 Å². The van der Waals surface area contributed by atoms with Crippen LogP contribution in [-0.2, 0) is 0 Å². The van der Waals surface area contributed by atoms with Crippen molar-refractivity contribution in [2.45, 2.75) is 20.0 Å². The van der Waals surface area contributed by atoms with Crippen molar-refractivity contribution in [2.24, 2.45) is 0 Å². The van der Waals surface area contributed by atoms with Crippen LogP contribution in [0.2, 0.25) is 0 Å². The third-order valence-corrected chi connectivity index (χ3v) is 4.39. The predicted molar refractivity (Wildman–Crippen MR) is 77.4 cm³/mol. The van der Waals surface area contributed by atoms with Gasteiger partial charge in [-0.15, -0.1) is 11.3 Å². The first-order valence-electron chi connectivity index (χ1n) is 6.03. The predicted octanol–water partition coefficient (Wildman–Crippen LogP) is 3.46. The molecule has 0 aliphatic heterocycles. The lowest BCUT2D eigenvalue weighted by Crippen LogP contribution is -2.01. The van der Waals surface area contributed by atoms with Gasteiger partial charge in [-0.25, -0.2) is 0 Å². The average molecular weight is 278 g/mol. The smallest absolute Gasteiger partial charge is 0.128 e. The Morgan fingerprint density at radius 2 is 1.84 bits per heavy atom. The van der Waals surface area contributed by atoms with E-state index in [1.807, 2.05) is 25.1 Å². The molecule has 1 aromatic carbocycles. The van der Waals surface area contributed by atoms with Crippen LogP contribution in [0.3, 0.4) is 0 Å². The number of methoxy groups -OCH3 is 2. The molecule has 1 atom stereocenters. The number of ether oxygens (including phenoxy) is 2. The molecule has 0 amide bonds. The maximum Gasteiger partial charge on any atom is 0.128 e. The highest BCUT2D eigenvalue weighted by Crippen LogP contribution is 2.36. The van der Waals surface area contributed by atoms with Crippen molar-refractivity contribution in [1.82, 2.24) is 0 Å². The van der Waals surface area contributed by atoms with E-state index in [0.717, 1.165) is 10.4 Å². The van der Waals surface area contributed by atoms with E-state index >= 15 is 0 Å². The SMILES string of the molecule is COc1ccc(C(O)c2cc(C)c(C)s2)c(OC)c1. The molecule has 1 aromatic heterocycles. The van der Waals surface area contributed by atoms with E-state index in [4.69, 9.17) is 9.47 Å². The maximum atomic E-state index is 10.5. The Morgan fingerprint density at radius 3 is 2.37 bits per heavy atom. The van der Waals surface area contributed by atoms with Gasteiger partial charge in [0.05, 0.1) is 14.2 Å². The minimum Gasteiger partial charge on any atom is -0.497 e. The molecule has 2 aromatic rings. The number of thiophene rings is 1. The quantitative estimate of drug-likeness (QED) is 0.930. The summed E-state index contributed by atoms with van der Waals surface area (Å²) in [6.07, 6.45) is -0.668. The molecule has 0 saturated heterocycles. The maximum absolute atomic E-state index is 10.5. The standard InChI is InChI=1S/C15H18O3S/c1-9-7-14(19-10(9)2)15(16)12-6-5-11(17-3)8-13(12)18-4/h5-8,15-16H,1-4H3. The molecule has 0 aliphatic rings. The second-order valence-corrected chi connectivity index (χ2v) is 5.69. The van der Waals surface area contributed by atoms with Crippen LogP contribution in [0.25, 0.3) is 0 Å². The van der Waals surface area contributed by atoms with Crippen LogP contribution in [0.5, 0.6) is 11.5 Å². The van der Waals surface area contributed by atoms with E-state index in [1.165, 1.54) is 10.4 Å². The Labute approximate surface area is 117 Å². The Bertz CT molecular complexity index is 555. The van der Waals surface area contributed by atoms with Crippen LogP contribution in [-0.4, -0.2) is 19.3 Å². The molecular weight excluding hydrogens is 260 g/mol. The number of aryl methyl sites for hydroxylation is 2. The average Bonchev–Trinajstić information content (AvgIpc) is 2.77. The van der Waals surface area contributed by atoms with Crippen molar-refractivity contribution in [2.75, 3.05) is 14.2 Å². The number of benzene rings is 1. The number of rotatable bonds is 4. The van der Waals surface area contributed by atoms with Crippen molar-refractivity contribution < 1.29 is 14.6 Å². The molecule has 19 heavy (non-hydrogen) atoms. The number of hydrogen-bond acceptors (Lipinski definition) is 4. The van der Waals surface area contributed by atoms with Crippen LogP contribution in [0.4, 0.5) is 0 Å². The van der Waals surface area contributed by atoms with Gasteiger partial charge in [0.1, 0.15) is 17.6 Å². The molecule has 3 nitrogen and oxygen atoms in total. The summed E-state index contributed by atoms with van der Waals surface area (Å²) >= 11 is 1.61. The van der Waals surface area contributed by atoms with E-state index in [0.29, 0.717) is 11.5 Å². The van der Waals surface area contributed by atoms with E-state index in [9.17, 15) is 5.11 Å². The van der Waals surface area contributed by atoms with Crippen LogP contribution in [0.15, 0.2) is 24.3 Å². The van der Waals surface area contributed by atoms with Gasteiger partial charge in [0, 0.05) is 21.4 Å². The summed E-state index contributed by atoms with van der Waals surface area (Å²) in [6.45, 7) is 4.11. The lowest BCUT2D eigenvalue weighted by Gasteiger charge is -2.14. The molecule has 0 spiro atoms. The Hall–Kier alpha value is -1.52. The van der Waals surface area contributed by atoms with Gasteiger partial charge in [0.15, 0.2) is 0 Å². The van der Waals surface area contributed by atoms with Gasteiger partial charge in [0.25, 0.3) is 0 Å². The topological polar surface area (TPSA) is 38.7 Å². The molecule has 1 heterocycles. The van der Waals surface area contributed by atoms with Gasteiger partial charge in [-0.2, -0.15) is 0 Å². The Morgan fingerprint density at radius 1 is 1.11 bits per heavy atom. The van der Waals surface area contributed by atoms with Gasteiger partial charge >= 0.3 is 0 Å². The molecule has 2 rings (SSSR count). The fourth-order valence-corrected chi connectivity index (χ4v) is 2.98. The lowest BCUT2D eigenvalue weighted by molar-refractivity contribution is 0.218. The van der Waals surface area contributed by atoms with E-state index in [1.54, 1.807) is 31.6 Å². The Balaban J connectivity index is 2.40. The van der Waals surface area contributed by atoms with Crippen LogP contribution in [0, 0.1) is 13.8 Å². The van der Waals surface area contributed by atoms with E-state index < -0.39 is 6.10 Å². The molecule has 0 fully saturated rings. The Kier molecular flexibility index (Phi) is 4.12. The summed E-state index contributed by atoms with van der Waals surface area (Å²) in [6, 6.07) is 7.47. The monoisotopic (exact) mass is 278 g/mol. The summed E-state index contributed by atoms with van der Waals surface area (Å²) in [5.41, 5.74) is 1.95. The summed E-state index contributed by atoms with van der Waals surface area (Å²) in [5.74, 6) is 1.35. The highest BCUT2D eigenvalue weighted by Gasteiger charge is 2.18. The fraction of sp³-hybridized carbons (Fsp3) is 0.333. The number of aliphatic hydroxyl groups is 1. The number of hydrogen-bond donors (Lipinski definition) is 1. The normalized spacial score (nSPS) is 12.3. The van der Waals surface area contributed by atoms with Crippen molar-refractivity contribution in [3.63, 3.8) is 0 Å². The van der Waals surface area contributed by atoms with Crippen molar-refractivity contribution in [3.05, 3.63) is 45.1 Å². The van der Waals surface area contributed by atoms with Crippen molar-refractivity contribution in [3.8, 4) is 11.5 Å². The fourth-order valence-electron chi connectivity index (χ4n) is 1.93. The molecule has 4 heteroatoms. The molecule has 1 unspecified atom stereocenters. The summed E-state index contributed by atoms with van der Waals surface area (Å²) in [7, 11) is 3.20. The molecule has 0 saturated carbocycles. The summed E-state index contributed by atoms with van der Waals surface area (Å²) in [5, 5.41) is 10.5. The third kappa shape index (κ3) is 2.74. The molecule has 0 bridgehead atoms. The van der Waals surface area contributed by atoms with E-state index in [-0.39, 0.29) is 0 Å². The minimum atomic E-state index is -0.668. The second kappa shape index (κ2) is 5.63. The molecular formula is C15H18O3S. The van der Waals surface area contributed by atoms with Gasteiger partial charge in [-0.1, -0.05) is 0 Å². The highest BCUT2D eigenvalue weighted by molar-refractivity contribution is 7.12. The van der Waals surface area contributed by atoms with Gasteiger partial charge in [-0.3, -0.25) is 0 Å². The van der Waals surface area contributed by atoms with Gasteiger partial charge in [-0.05, 0) is 37.6 Å². The molecule has 102 valence electrons. The van der Waals surface area contributed by atoms with Crippen LogP contribution >= 0.6 is 11.3 Å². The zero-order chi connectivity index (χ0) is 14.0. The minimum absolute atomic E-state index is 0.635. The summed E-state index contributed by atoms with van der Waals surface area (Å²) in [4.78, 5) is 2.15. The van der Waals surface area contributed by atoms with Crippen molar-refractivity contribution >= 4 is 11.3 Å². The van der Waals surface area contributed by atoms with Crippen LogP contribution < -0.4 is 9.47 Å². The first-order chi connectivity index (χ1) is 9.06. The first-order valence-corrected chi connectivity index (χ1v) is 6.85. The third-order valence-electron chi connectivity index (χ3n) is 3.19. The zero-order valence-corrected chi connectivity index (χ0v) is 12.4. The largest absolute Gasteiger partial charge is 0.497 e. The van der Waals surface area contributed by atoms with Crippen LogP contribution in [0.1, 0.15) is 27.0 Å². The first kappa shape index (κ1) is 13.9. The second-order valence-electron chi connectivity index (χ2n) is 4.40.